The predicted octanol–water partition coefficient (Wildman–Crippen LogP) is 2.20. The Morgan fingerprint density at radius 1 is 1.18 bits per heavy atom. The normalized spacial score (nSPS) is 10.9. The van der Waals surface area contributed by atoms with Gasteiger partial charge in [-0.15, -0.1) is 5.10 Å². The van der Waals surface area contributed by atoms with Gasteiger partial charge < -0.3 is 16.4 Å². The molecule has 0 spiro atoms. The molecule has 4 heterocycles. The lowest BCUT2D eigenvalue weighted by Crippen LogP contribution is -2.28. The second kappa shape index (κ2) is 6.99. The van der Waals surface area contributed by atoms with Crippen LogP contribution >= 0.6 is 0 Å². The summed E-state index contributed by atoms with van der Waals surface area (Å²) in [6.45, 7) is 4.15. The number of anilines is 3. The Morgan fingerprint density at radius 2 is 2.04 bits per heavy atom. The Balaban J connectivity index is 1.78. The number of carbonyl (C=O) groups is 1. The van der Waals surface area contributed by atoms with E-state index in [1.807, 2.05) is 35.7 Å². The average Bonchev–Trinajstić information content (AvgIpc) is 3.25. The molecule has 4 N–H and O–H groups in total. The highest BCUT2D eigenvalue weighted by Crippen LogP contribution is 2.30. The molecule has 0 atom stereocenters. The first-order valence-electron chi connectivity index (χ1n) is 8.74. The number of amides is 1. The van der Waals surface area contributed by atoms with Crippen molar-refractivity contribution >= 4 is 29.1 Å². The van der Waals surface area contributed by atoms with Gasteiger partial charge in [-0.2, -0.15) is 4.68 Å². The Labute approximate surface area is 160 Å². The van der Waals surface area contributed by atoms with E-state index in [1.165, 1.54) is 4.68 Å². The molecule has 0 bridgehead atoms. The fraction of sp³-hybridized carbons (Fsp3) is 0.167. The fourth-order valence-electron chi connectivity index (χ4n) is 2.90. The van der Waals surface area contributed by atoms with Crippen LogP contribution in [0.5, 0.6) is 0 Å². The first-order valence-corrected chi connectivity index (χ1v) is 8.74. The van der Waals surface area contributed by atoms with Crippen molar-refractivity contribution in [1.29, 1.82) is 0 Å². The number of pyridine rings is 1. The Morgan fingerprint density at radius 3 is 2.82 bits per heavy atom. The van der Waals surface area contributed by atoms with Crippen molar-refractivity contribution in [2.45, 2.75) is 13.8 Å². The smallest absolute Gasteiger partial charge is 0.342 e. The average molecular weight is 377 g/mol. The van der Waals surface area contributed by atoms with E-state index in [2.05, 4.69) is 30.7 Å². The first kappa shape index (κ1) is 17.5. The highest BCUT2D eigenvalue weighted by Gasteiger charge is 2.18. The maximum absolute atomic E-state index is 11.9. The summed E-state index contributed by atoms with van der Waals surface area (Å²) in [6, 6.07) is 8.79. The lowest BCUT2D eigenvalue weighted by atomic mass is 10.2. The van der Waals surface area contributed by atoms with Gasteiger partial charge in [-0.1, -0.05) is 6.07 Å². The summed E-state index contributed by atoms with van der Waals surface area (Å²) in [7, 11) is 0. The molecule has 4 aromatic heterocycles. The van der Waals surface area contributed by atoms with Crippen LogP contribution in [0.2, 0.25) is 0 Å². The number of hydrogen-bond acceptors (Lipinski definition) is 7. The van der Waals surface area contributed by atoms with Crippen LogP contribution in [-0.4, -0.2) is 41.7 Å². The lowest BCUT2D eigenvalue weighted by Gasteiger charge is -2.07. The fourth-order valence-corrected chi connectivity index (χ4v) is 2.90. The molecule has 1 amide bonds. The summed E-state index contributed by atoms with van der Waals surface area (Å²) in [5.41, 5.74) is 8.01. The molecule has 0 aliphatic carbocycles. The van der Waals surface area contributed by atoms with Crippen LogP contribution in [0.4, 0.5) is 22.2 Å². The molecule has 142 valence electrons. The third-order valence-corrected chi connectivity index (χ3v) is 4.00. The second-order valence-corrected chi connectivity index (χ2v) is 6.07. The summed E-state index contributed by atoms with van der Waals surface area (Å²) in [4.78, 5) is 25.2. The number of aromatic nitrogens is 6. The number of hydrogen-bond donors (Lipinski definition) is 3. The molecule has 0 radical (unpaired) electrons. The minimum Gasteiger partial charge on any atom is -0.384 e. The molecule has 10 nitrogen and oxygen atoms in total. The topological polar surface area (TPSA) is 128 Å². The van der Waals surface area contributed by atoms with E-state index in [-0.39, 0.29) is 6.03 Å². The zero-order chi connectivity index (χ0) is 19.7. The van der Waals surface area contributed by atoms with E-state index in [4.69, 9.17) is 5.73 Å². The van der Waals surface area contributed by atoms with Crippen molar-refractivity contribution in [3.63, 3.8) is 0 Å². The van der Waals surface area contributed by atoms with Crippen molar-refractivity contribution in [2.24, 2.45) is 0 Å². The minimum atomic E-state index is -0.301. The zero-order valence-electron chi connectivity index (χ0n) is 15.4. The number of nitrogens with one attached hydrogen (secondary N) is 2. The van der Waals surface area contributed by atoms with E-state index in [9.17, 15) is 4.79 Å². The number of nitrogens with two attached hydrogens (primary N) is 1. The van der Waals surface area contributed by atoms with Crippen LogP contribution in [0.25, 0.3) is 17.0 Å². The van der Waals surface area contributed by atoms with Gasteiger partial charge in [0.05, 0.1) is 5.69 Å². The van der Waals surface area contributed by atoms with Gasteiger partial charge in [0.1, 0.15) is 23.0 Å². The molecule has 0 fully saturated rings. The SMILES string of the molecule is CCNC(=O)n1ccc(Nc2nc3ccccn3c2-c2cc(N)nc(C)n2)n1. The molecular formula is C18H19N9O. The highest BCUT2D eigenvalue weighted by molar-refractivity contribution is 5.79. The van der Waals surface area contributed by atoms with Gasteiger partial charge in [0, 0.05) is 31.1 Å². The van der Waals surface area contributed by atoms with E-state index < -0.39 is 0 Å². The number of rotatable bonds is 4. The standard InChI is InChI=1S/C18H19N9O/c1-3-20-18(28)27-9-7-14(25-27)23-17-16(12-10-13(19)22-11(2)21-12)26-8-5-4-6-15(26)24-17/h4-10H,3H2,1-2H3,(H,20,28)(H,23,25)(H2,19,21,22). The van der Waals surface area contributed by atoms with Gasteiger partial charge in [-0.05, 0) is 26.0 Å². The van der Waals surface area contributed by atoms with E-state index >= 15 is 0 Å². The van der Waals surface area contributed by atoms with E-state index in [0.717, 1.165) is 11.3 Å². The van der Waals surface area contributed by atoms with Crippen molar-refractivity contribution < 1.29 is 4.79 Å². The largest absolute Gasteiger partial charge is 0.384 e. The number of nitrogens with zero attached hydrogens (tertiary/aromatic N) is 6. The second-order valence-electron chi connectivity index (χ2n) is 6.07. The summed E-state index contributed by atoms with van der Waals surface area (Å²) in [6.07, 6.45) is 3.47. The maximum Gasteiger partial charge on any atom is 0.342 e. The summed E-state index contributed by atoms with van der Waals surface area (Å²) < 4.78 is 3.14. The van der Waals surface area contributed by atoms with Gasteiger partial charge in [-0.25, -0.2) is 19.7 Å². The van der Waals surface area contributed by atoms with Gasteiger partial charge in [-0.3, -0.25) is 4.40 Å². The Bertz CT molecular complexity index is 1140. The first-order chi connectivity index (χ1) is 13.5. The molecule has 4 aromatic rings. The van der Waals surface area contributed by atoms with Gasteiger partial charge in [0.25, 0.3) is 0 Å². The third kappa shape index (κ3) is 3.22. The summed E-state index contributed by atoms with van der Waals surface area (Å²) >= 11 is 0. The predicted molar refractivity (Wildman–Crippen MR) is 105 cm³/mol. The lowest BCUT2D eigenvalue weighted by molar-refractivity contribution is 0.240. The molecule has 28 heavy (non-hydrogen) atoms. The number of fused-ring (bicyclic) bond motifs is 1. The van der Waals surface area contributed by atoms with Crippen molar-refractivity contribution in [3.05, 3.63) is 48.5 Å². The van der Waals surface area contributed by atoms with Crippen LogP contribution in [-0.2, 0) is 0 Å². The van der Waals surface area contributed by atoms with Crippen LogP contribution < -0.4 is 16.4 Å². The monoisotopic (exact) mass is 377 g/mol. The molecule has 0 aliphatic heterocycles. The molecule has 0 unspecified atom stereocenters. The van der Waals surface area contributed by atoms with Gasteiger partial charge in [0.15, 0.2) is 11.6 Å². The van der Waals surface area contributed by atoms with Crippen LogP contribution in [0, 0.1) is 6.92 Å². The highest BCUT2D eigenvalue weighted by atomic mass is 16.2. The number of nitrogen functional groups attached to an aromatic ring is 1. The van der Waals surface area contributed by atoms with Crippen LogP contribution in [0.3, 0.4) is 0 Å². The molecule has 0 saturated heterocycles. The van der Waals surface area contributed by atoms with Gasteiger partial charge in [0.2, 0.25) is 0 Å². The Hall–Kier alpha value is -3.95. The zero-order valence-corrected chi connectivity index (χ0v) is 15.4. The van der Waals surface area contributed by atoms with E-state index in [1.54, 1.807) is 25.3 Å². The quantitative estimate of drug-likeness (QED) is 0.497. The number of imidazole rings is 1. The minimum absolute atomic E-state index is 0.301. The third-order valence-electron chi connectivity index (χ3n) is 4.00. The Kier molecular flexibility index (Phi) is 4.36. The van der Waals surface area contributed by atoms with Crippen LogP contribution in [0.1, 0.15) is 12.7 Å². The molecule has 0 aliphatic rings. The molecular weight excluding hydrogens is 358 g/mol. The molecule has 0 saturated carbocycles. The maximum atomic E-state index is 11.9. The van der Waals surface area contributed by atoms with E-state index in [0.29, 0.717) is 35.5 Å². The summed E-state index contributed by atoms with van der Waals surface area (Å²) in [5.74, 6) is 1.96. The van der Waals surface area contributed by atoms with Crippen LogP contribution in [0.15, 0.2) is 42.7 Å². The summed E-state index contributed by atoms with van der Waals surface area (Å²) in [5, 5.41) is 10.1. The molecule has 4 rings (SSSR count). The van der Waals surface area contributed by atoms with Gasteiger partial charge >= 0.3 is 6.03 Å². The number of carbonyl (C=O) groups excluding carboxylic acids is 1. The number of aryl methyl sites for hydroxylation is 1. The van der Waals surface area contributed by atoms with Crippen molar-refractivity contribution in [2.75, 3.05) is 17.6 Å². The van der Waals surface area contributed by atoms with Crippen molar-refractivity contribution in [1.82, 2.24) is 34.4 Å². The molecule has 0 aromatic carbocycles. The molecule has 10 heteroatoms. The van der Waals surface area contributed by atoms with Crippen molar-refractivity contribution in [3.8, 4) is 11.4 Å².